The van der Waals surface area contributed by atoms with Crippen LogP contribution in [0.2, 0.25) is 10.0 Å². The fourth-order valence-corrected chi connectivity index (χ4v) is 2.26. The molecule has 0 bridgehead atoms. The van der Waals surface area contributed by atoms with Gasteiger partial charge in [-0.3, -0.25) is 10.1 Å². The highest BCUT2D eigenvalue weighted by molar-refractivity contribution is 6.42. The maximum Gasteiger partial charge on any atom is 0.274 e. The van der Waals surface area contributed by atoms with Crippen LogP contribution in [0, 0.1) is 10.1 Å². The Morgan fingerprint density at radius 3 is 2.35 bits per heavy atom. The maximum atomic E-state index is 11.0. The number of nitro benzene ring substituents is 1. The zero-order valence-corrected chi connectivity index (χ0v) is 11.8. The molecule has 2 aromatic rings. The van der Waals surface area contributed by atoms with Gasteiger partial charge in [-0.1, -0.05) is 53.5 Å². The number of benzene rings is 2. The van der Waals surface area contributed by atoms with E-state index in [1.807, 2.05) is 6.07 Å². The second-order valence-electron chi connectivity index (χ2n) is 4.28. The number of halogens is 2. The van der Waals surface area contributed by atoms with Crippen molar-refractivity contribution in [1.29, 1.82) is 0 Å². The number of nitro groups is 1. The molecule has 0 aliphatic rings. The van der Waals surface area contributed by atoms with Gasteiger partial charge in [-0.25, -0.2) is 0 Å². The molecule has 0 fully saturated rings. The summed E-state index contributed by atoms with van der Waals surface area (Å²) in [5.74, 6) is 0. The first-order chi connectivity index (χ1) is 9.49. The van der Waals surface area contributed by atoms with E-state index in [1.54, 1.807) is 24.3 Å². The maximum absolute atomic E-state index is 11.0. The molecule has 20 heavy (non-hydrogen) atoms. The second kappa shape index (κ2) is 6.22. The second-order valence-corrected chi connectivity index (χ2v) is 5.10. The van der Waals surface area contributed by atoms with Crippen LogP contribution in [-0.2, 0) is 6.42 Å². The van der Waals surface area contributed by atoms with Crippen molar-refractivity contribution < 1.29 is 10.0 Å². The largest absolute Gasteiger partial charge is 0.388 e. The Kier molecular flexibility index (Phi) is 4.60. The minimum absolute atomic E-state index is 0.0945. The summed E-state index contributed by atoms with van der Waals surface area (Å²) < 4.78 is 0. The Morgan fingerprint density at radius 2 is 1.75 bits per heavy atom. The highest BCUT2D eigenvalue weighted by atomic mass is 35.5. The van der Waals surface area contributed by atoms with Crippen LogP contribution in [0.4, 0.5) is 5.69 Å². The highest BCUT2D eigenvalue weighted by Crippen LogP contribution is 2.32. The van der Waals surface area contributed by atoms with Crippen molar-refractivity contribution >= 4 is 28.9 Å². The van der Waals surface area contributed by atoms with Crippen LogP contribution in [0.25, 0.3) is 0 Å². The Hall–Kier alpha value is -1.62. The van der Waals surface area contributed by atoms with E-state index in [2.05, 4.69) is 0 Å². The van der Waals surface area contributed by atoms with E-state index in [-0.39, 0.29) is 22.2 Å². The molecule has 2 aromatic carbocycles. The molecule has 0 aromatic heterocycles. The first-order valence-corrected chi connectivity index (χ1v) is 6.60. The lowest BCUT2D eigenvalue weighted by Crippen LogP contribution is -2.04. The van der Waals surface area contributed by atoms with Gasteiger partial charge in [0.05, 0.1) is 21.1 Å². The number of rotatable bonds is 4. The minimum Gasteiger partial charge on any atom is -0.388 e. The number of nitrogens with zero attached hydrogens (tertiary/aromatic N) is 1. The van der Waals surface area contributed by atoms with E-state index >= 15 is 0 Å². The molecule has 104 valence electrons. The fraction of sp³-hybridized carbons (Fsp3) is 0.143. The van der Waals surface area contributed by atoms with E-state index in [0.29, 0.717) is 11.1 Å². The zero-order valence-electron chi connectivity index (χ0n) is 10.3. The van der Waals surface area contributed by atoms with Crippen LogP contribution in [0.3, 0.4) is 0 Å². The van der Waals surface area contributed by atoms with Gasteiger partial charge >= 0.3 is 0 Å². The Balaban J connectivity index is 2.33. The first kappa shape index (κ1) is 14.8. The van der Waals surface area contributed by atoms with Gasteiger partial charge in [0.15, 0.2) is 0 Å². The molecule has 1 N–H and O–H groups in total. The van der Waals surface area contributed by atoms with E-state index in [0.717, 1.165) is 0 Å². The van der Waals surface area contributed by atoms with Gasteiger partial charge in [0.2, 0.25) is 0 Å². The van der Waals surface area contributed by atoms with Crippen LogP contribution >= 0.6 is 23.2 Å². The monoisotopic (exact) mass is 311 g/mol. The minimum atomic E-state index is -0.841. The highest BCUT2D eigenvalue weighted by Gasteiger charge is 2.20. The van der Waals surface area contributed by atoms with Crippen LogP contribution in [0.1, 0.15) is 17.2 Å². The predicted octanol–water partition coefficient (Wildman–Crippen LogP) is 4.18. The van der Waals surface area contributed by atoms with Crippen LogP contribution in [0.5, 0.6) is 0 Å². The fourth-order valence-electron chi connectivity index (χ4n) is 1.91. The lowest BCUT2D eigenvalue weighted by molar-refractivity contribution is -0.385. The summed E-state index contributed by atoms with van der Waals surface area (Å²) in [4.78, 5) is 10.5. The molecule has 1 unspecified atom stereocenters. The SMILES string of the molecule is O=[N+]([O-])c1cc(Cl)c(Cl)cc1CC(O)c1ccccc1. The summed E-state index contributed by atoms with van der Waals surface area (Å²) in [5.41, 5.74) is 0.892. The molecule has 0 saturated heterocycles. The Bertz CT molecular complexity index is 632. The van der Waals surface area contributed by atoms with Crippen molar-refractivity contribution in [1.82, 2.24) is 0 Å². The third-order valence-corrected chi connectivity index (χ3v) is 3.64. The van der Waals surface area contributed by atoms with Gasteiger partial charge in [-0.05, 0) is 11.6 Å². The van der Waals surface area contributed by atoms with Crippen LogP contribution < -0.4 is 0 Å². The predicted molar refractivity (Wildman–Crippen MR) is 78.2 cm³/mol. The molecule has 0 aliphatic heterocycles. The van der Waals surface area contributed by atoms with Crippen molar-refractivity contribution in [3.63, 3.8) is 0 Å². The normalized spacial score (nSPS) is 12.2. The van der Waals surface area contributed by atoms with Crippen molar-refractivity contribution in [2.45, 2.75) is 12.5 Å². The van der Waals surface area contributed by atoms with Gasteiger partial charge in [-0.15, -0.1) is 0 Å². The van der Waals surface area contributed by atoms with Crippen molar-refractivity contribution in [2.75, 3.05) is 0 Å². The lowest BCUT2D eigenvalue weighted by Gasteiger charge is -2.12. The number of aliphatic hydroxyl groups excluding tert-OH is 1. The van der Waals surface area contributed by atoms with Crippen LogP contribution in [-0.4, -0.2) is 10.0 Å². The summed E-state index contributed by atoms with van der Waals surface area (Å²) in [5, 5.41) is 21.5. The summed E-state index contributed by atoms with van der Waals surface area (Å²) in [6.45, 7) is 0. The van der Waals surface area contributed by atoms with E-state index in [4.69, 9.17) is 23.2 Å². The van der Waals surface area contributed by atoms with Crippen molar-refractivity contribution in [2.24, 2.45) is 0 Å². The topological polar surface area (TPSA) is 63.4 Å². The average Bonchev–Trinajstić information content (AvgIpc) is 2.43. The average molecular weight is 312 g/mol. The van der Waals surface area contributed by atoms with Crippen molar-refractivity contribution in [3.8, 4) is 0 Å². The number of hydrogen-bond acceptors (Lipinski definition) is 3. The third kappa shape index (κ3) is 3.28. The molecule has 6 heteroatoms. The Labute approximate surface area is 125 Å². The number of hydrogen-bond donors (Lipinski definition) is 1. The summed E-state index contributed by atoms with van der Waals surface area (Å²) in [7, 11) is 0. The molecule has 4 nitrogen and oxygen atoms in total. The standard InChI is InChI=1S/C14H11Cl2NO3/c15-11-6-10(13(17(19)20)8-12(11)16)7-14(18)9-4-2-1-3-5-9/h1-6,8,14,18H,7H2. The molecule has 0 radical (unpaired) electrons. The van der Waals surface area contributed by atoms with Gasteiger partial charge in [0.1, 0.15) is 0 Å². The van der Waals surface area contributed by atoms with Gasteiger partial charge in [-0.2, -0.15) is 0 Å². The lowest BCUT2D eigenvalue weighted by atomic mass is 10.0. The van der Waals surface area contributed by atoms with E-state index in [1.165, 1.54) is 12.1 Å². The molecule has 2 rings (SSSR count). The van der Waals surface area contributed by atoms with Gasteiger partial charge < -0.3 is 5.11 Å². The first-order valence-electron chi connectivity index (χ1n) is 5.84. The van der Waals surface area contributed by atoms with Gasteiger partial charge in [0, 0.05) is 18.1 Å². The van der Waals surface area contributed by atoms with Crippen LogP contribution in [0.15, 0.2) is 42.5 Å². The molecule has 0 heterocycles. The summed E-state index contributed by atoms with van der Waals surface area (Å²) >= 11 is 11.7. The number of aliphatic hydroxyl groups is 1. The molecule has 0 saturated carbocycles. The molecule has 1 atom stereocenters. The molecular weight excluding hydrogens is 301 g/mol. The molecule has 0 spiro atoms. The summed E-state index contributed by atoms with van der Waals surface area (Å²) in [6.07, 6.45) is -0.746. The quantitative estimate of drug-likeness (QED) is 0.680. The molecule has 0 aliphatic carbocycles. The van der Waals surface area contributed by atoms with Gasteiger partial charge in [0.25, 0.3) is 5.69 Å². The van der Waals surface area contributed by atoms with Crippen molar-refractivity contribution in [3.05, 3.63) is 73.8 Å². The van der Waals surface area contributed by atoms with E-state index < -0.39 is 11.0 Å². The third-order valence-electron chi connectivity index (χ3n) is 2.92. The van der Waals surface area contributed by atoms with E-state index in [9.17, 15) is 15.2 Å². The molecule has 0 amide bonds. The Morgan fingerprint density at radius 1 is 1.15 bits per heavy atom. The zero-order chi connectivity index (χ0) is 14.7. The summed E-state index contributed by atoms with van der Waals surface area (Å²) in [6, 6.07) is 11.6. The molecular formula is C14H11Cl2NO3. The smallest absolute Gasteiger partial charge is 0.274 e.